The molecule has 1 aromatic rings. The van der Waals surface area contributed by atoms with Crippen LogP contribution in [0.3, 0.4) is 0 Å². The highest BCUT2D eigenvalue weighted by Crippen LogP contribution is 2.51. The van der Waals surface area contributed by atoms with E-state index in [9.17, 15) is 0 Å². The number of aryl methyl sites for hydroxylation is 1. The van der Waals surface area contributed by atoms with E-state index in [4.69, 9.17) is 5.84 Å². The van der Waals surface area contributed by atoms with Crippen LogP contribution in [0.15, 0.2) is 10.8 Å². The van der Waals surface area contributed by atoms with E-state index in [-0.39, 0.29) is 0 Å². The van der Waals surface area contributed by atoms with E-state index >= 15 is 0 Å². The summed E-state index contributed by atoms with van der Waals surface area (Å²) in [6.07, 6.45) is 7.13. The molecule has 2 bridgehead atoms. The third-order valence-electron chi connectivity index (χ3n) is 4.89. The van der Waals surface area contributed by atoms with Crippen LogP contribution in [0, 0.1) is 24.7 Å². The van der Waals surface area contributed by atoms with E-state index < -0.39 is 0 Å². The molecule has 2 nitrogen and oxygen atoms in total. The fourth-order valence-corrected chi connectivity index (χ4v) is 4.89. The van der Waals surface area contributed by atoms with Crippen LogP contribution in [-0.2, 0) is 0 Å². The van der Waals surface area contributed by atoms with Crippen LogP contribution in [0.25, 0.3) is 0 Å². The molecule has 2 aliphatic carbocycles. The lowest BCUT2D eigenvalue weighted by atomic mass is 9.83. The Hall–Kier alpha value is -0.380. The fourth-order valence-electron chi connectivity index (χ4n) is 3.98. The maximum Gasteiger partial charge on any atom is 0.0473 e. The molecular formula is C14H22N2S. The minimum absolute atomic E-state index is 0.366. The first kappa shape index (κ1) is 11.7. The summed E-state index contributed by atoms with van der Waals surface area (Å²) in [5.74, 6) is 8.70. The molecule has 3 heteroatoms. The Morgan fingerprint density at radius 3 is 2.82 bits per heavy atom. The van der Waals surface area contributed by atoms with Gasteiger partial charge in [0.05, 0.1) is 0 Å². The standard InChI is InChI=1S/C14H22N2S/c1-9-7-17-8-13(9)14(16-15)6-12-5-10-2-3-11(12)4-10/h7-8,10-12,14,16H,2-6,15H2,1H3. The van der Waals surface area contributed by atoms with Crippen molar-refractivity contribution in [3.63, 3.8) is 0 Å². The van der Waals surface area contributed by atoms with Crippen LogP contribution < -0.4 is 11.3 Å². The fraction of sp³-hybridized carbons (Fsp3) is 0.714. The van der Waals surface area contributed by atoms with Gasteiger partial charge in [-0.2, -0.15) is 11.3 Å². The second kappa shape index (κ2) is 4.71. The molecule has 3 rings (SSSR count). The predicted molar refractivity (Wildman–Crippen MR) is 72.7 cm³/mol. The minimum Gasteiger partial charge on any atom is -0.271 e. The average Bonchev–Trinajstić information content (AvgIpc) is 3.02. The zero-order chi connectivity index (χ0) is 11.8. The van der Waals surface area contributed by atoms with Crippen LogP contribution in [0.5, 0.6) is 0 Å². The van der Waals surface area contributed by atoms with Crippen LogP contribution in [0.1, 0.15) is 49.3 Å². The zero-order valence-electron chi connectivity index (χ0n) is 10.5. The highest BCUT2D eigenvalue weighted by atomic mass is 32.1. The van der Waals surface area contributed by atoms with E-state index in [2.05, 4.69) is 23.1 Å². The summed E-state index contributed by atoms with van der Waals surface area (Å²) in [5.41, 5.74) is 5.85. The van der Waals surface area contributed by atoms with E-state index in [0.717, 1.165) is 17.8 Å². The predicted octanol–water partition coefficient (Wildman–Crippen LogP) is 3.39. The van der Waals surface area contributed by atoms with E-state index in [1.54, 1.807) is 11.3 Å². The lowest BCUT2D eigenvalue weighted by Crippen LogP contribution is -2.30. The molecule has 0 saturated heterocycles. The highest BCUT2D eigenvalue weighted by molar-refractivity contribution is 7.08. The molecule has 94 valence electrons. The smallest absolute Gasteiger partial charge is 0.0473 e. The normalized spacial score (nSPS) is 33.2. The Morgan fingerprint density at radius 2 is 2.29 bits per heavy atom. The lowest BCUT2D eigenvalue weighted by Gasteiger charge is -2.26. The van der Waals surface area contributed by atoms with Gasteiger partial charge in [0.15, 0.2) is 0 Å². The van der Waals surface area contributed by atoms with Gasteiger partial charge in [-0.05, 0) is 72.2 Å². The maximum atomic E-state index is 5.76. The average molecular weight is 250 g/mol. The van der Waals surface area contributed by atoms with Crippen LogP contribution in [0.2, 0.25) is 0 Å². The van der Waals surface area contributed by atoms with Crippen molar-refractivity contribution in [2.24, 2.45) is 23.6 Å². The molecule has 0 aliphatic heterocycles. The molecular weight excluding hydrogens is 228 g/mol. The van der Waals surface area contributed by atoms with Crippen molar-refractivity contribution in [3.8, 4) is 0 Å². The number of nitrogens with one attached hydrogen (secondary N) is 1. The Balaban J connectivity index is 1.69. The number of hydrazine groups is 1. The van der Waals surface area contributed by atoms with Gasteiger partial charge in [-0.1, -0.05) is 6.42 Å². The number of rotatable bonds is 4. The second-order valence-corrected chi connectivity index (χ2v) is 6.64. The summed E-state index contributed by atoms with van der Waals surface area (Å²) in [5, 5.41) is 4.48. The van der Waals surface area contributed by atoms with Gasteiger partial charge < -0.3 is 0 Å². The number of thiophene rings is 1. The number of fused-ring (bicyclic) bond motifs is 2. The molecule has 0 amide bonds. The summed E-state index contributed by atoms with van der Waals surface area (Å²) >= 11 is 1.79. The first-order valence-corrected chi connectivity index (χ1v) is 7.71. The van der Waals surface area contributed by atoms with Crippen molar-refractivity contribution in [2.75, 3.05) is 0 Å². The lowest BCUT2D eigenvalue weighted by molar-refractivity contribution is 0.280. The van der Waals surface area contributed by atoms with Crippen LogP contribution >= 0.6 is 11.3 Å². The Bertz CT molecular complexity index is 387. The topological polar surface area (TPSA) is 38.0 Å². The minimum atomic E-state index is 0.366. The van der Waals surface area contributed by atoms with Gasteiger partial charge in [0.1, 0.15) is 0 Å². The van der Waals surface area contributed by atoms with Gasteiger partial charge in [0, 0.05) is 6.04 Å². The molecule has 1 heterocycles. The molecule has 4 atom stereocenters. The Labute approximate surface area is 108 Å². The number of hydrogen-bond donors (Lipinski definition) is 2. The van der Waals surface area contributed by atoms with Gasteiger partial charge in [-0.25, -0.2) is 0 Å². The van der Waals surface area contributed by atoms with E-state index in [0.29, 0.717) is 6.04 Å². The number of nitrogens with two attached hydrogens (primary N) is 1. The zero-order valence-corrected chi connectivity index (χ0v) is 11.3. The molecule has 4 unspecified atom stereocenters. The van der Waals surface area contributed by atoms with E-state index in [1.807, 2.05) is 0 Å². The summed E-state index contributed by atoms with van der Waals surface area (Å²) < 4.78 is 0. The highest BCUT2D eigenvalue weighted by Gasteiger charge is 2.40. The molecule has 17 heavy (non-hydrogen) atoms. The van der Waals surface area contributed by atoms with Crippen molar-refractivity contribution < 1.29 is 0 Å². The van der Waals surface area contributed by atoms with Gasteiger partial charge in [0.2, 0.25) is 0 Å². The Morgan fingerprint density at radius 1 is 1.41 bits per heavy atom. The monoisotopic (exact) mass is 250 g/mol. The number of hydrogen-bond acceptors (Lipinski definition) is 3. The molecule has 2 fully saturated rings. The Kier molecular flexibility index (Phi) is 3.24. The molecule has 3 N–H and O–H groups in total. The molecule has 0 radical (unpaired) electrons. The molecule has 1 aromatic heterocycles. The van der Waals surface area contributed by atoms with Gasteiger partial charge in [-0.3, -0.25) is 11.3 Å². The summed E-state index contributed by atoms with van der Waals surface area (Å²) in [6, 6.07) is 0.366. The van der Waals surface area contributed by atoms with Gasteiger partial charge in [0.25, 0.3) is 0 Å². The summed E-state index contributed by atoms with van der Waals surface area (Å²) in [4.78, 5) is 0. The van der Waals surface area contributed by atoms with Crippen molar-refractivity contribution in [2.45, 2.75) is 45.1 Å². The van der Waals surface area contributed by atoms with Gasteiger partial charge >= 0.3 is 0 Å². The molecule has 2 aliphatic rings. The molecule has 2 saturated carbocycles. The SMILES string of the molecule is Cc1cscc1C(CC1CC2CCC1C2)NN. The molecule has 0 spiro atoms. The van der Waals surface area contributed by atoms with Crippen LogP contribution in [0.4, 0.5) is 0 Å². The van der Waals surface area contributed by atoms with Crippen molar-refractivity contribution in [1.29, 1.82) is 0 Å². The molecule has 0 aromatic carbocycles. The maximum absolute atomic E-state index is 5.76. The largest absolute Gasteiger partial charge is 0.271 e. The first-order valence-electron chi connectivity index (χ1n) is 6.76. The third-order valence-corrected chi connectivity index (χ3v) is 5.77. The summed E-state index contributed by atoms with van der Waals surface area (Å²) in [7, 11) is 0. The van der Waals surface area contributed by atoms with Gasteiger partial charge in [-0.15, -0.1) is 0 Å². The third kappa shape index (κ3) is 2.16. The van der Waals surface area contributed by atoms with Crippen molar-refractivity contribution >= 4 is 11.3 Å². The van der Waals surface area contributed by atoms with E-state index in [1.165, 1.54) is 43.2 Å². The quantitative estimate of drug-likeness (QED) is 0.635. The first-order chi connectivity index (χ1) is 8.28. The summed E-state index contributed by atoms with van der Waals surface area (Å²) in [6.45, 7) is 2.19. The van der Waals surface area contributed by atoms with Crippen LogP contribution in [-0.4, -0.2) is 0 Å². The van der Waals surface area contributed by atoms with Crippen molar-refractivity contribution in [1.82, 2.24) is 5.43 Å². The van der Waals surface area contributed by atoms with Crippen molar-refractivity contribution in [3.05, 3.63) is 21.9 Å². The second-order valence-electron chi connectivity index (χ2n) is 5.90.